The first-order chi connectivity index (χ1) is 13.9. The molecule has 6 nitrogen and oxygen atoms in total. The molecule has 8 heteroatoms. The van der Waals surface area contributed by atoms with Crippen LogP contribution >= 0.6 is 11.8 Å². The molecular formula is C21H24N2O4S2. The summed E-state index contributed by atoms with van der Waals surface area (Å²) in [6.07, 6.45) is 1.29. The summed E-state index contributed by atoms with van der Waals surface area (Å²) in [5, 5.41) is 5.37. The van der Waals surface area contributed by atoms with Gasteiger partial charge in [-0.1, -0.05) is 37.3 Å². The molecule has 0 unspecified atom stereocenters. The van der Waals surface area contributed by atoms with Gasteiger partial charge < -0.3 is 10.6 Å². The predicted molar refractivity (Wildman–Crippen MR) is 115 cm³/mol. The quantitative estimate of drug-likeness (QED) is 0.669. The zero-order valence-corrected chi connectivity index (χ0v) is 17.8. The fourth-order valence-corrected chi connectivity index (χ4v) is 5.30. The van der Waals surface area contributed by atoms with Gasteiger partial charge in [0.1, 0.15) is 0 Å². The fourth-order valence-electron chi connectivity index (χ4n) is 3.02. The lowest BCUT2D eigenvalue weighted by molar-refractivity contribution is -0.120. The third kappa shape index (κ3) is 5.61. The summed E-state index contributed by atoms with van der Waals surface area (Å²) in [4.78, 5) is 25.0. The Morgan fingerprint density at radius 2 is 1.93 bits per heavy atom. The van der Waals surface area contributed by atoms with E-state index in [0.717, 1.165) is 10.5 Å². The van der Waals surface area contributed by atoms with Crippen LogP contribution in [0.3, 0.4) is 0 Å². The molecule has 0 spiro atoms. The number of thioether (sulfide) groups is 1. The van der Waals surface area contributed by atoms with Gasteiger partial charge >= 0.3 is 0 Å². The van der Waals surface area contributed by atoms with E-state index in [-0.39, 0.29) is 34.1 Å². The van der Waals surface area contributed by atoms with Gasteiger partial charge in [-0.15, -0.1) is 11.8 Å². The first-order valence-corrected chi connectivity index (χ1v) is 12.1. The molecule has 154 valence electrons. The van der Waals surface area contributed by atoms with Gasteiger partial charge in [0.25, 0.3) is 0 Å². The lowest BCUT2D eigenvalue weighted by Gasteiger charge is -2.23. The number of fused-ring (bicyclic) bond motifs is 1. The highest BCUT2D eigenvalue weighted by atomic mass is 32.2. The number of nitrogens with one attached hydrogen (secondary N) is 2. The monoisotopic (exact) mass is 432 g/mol. The van der Waals surface area contributed by atoms with Crippen LogP contribution in [0.2, 0.25) is 0 Å². The second kappa shape index (κ2) is 9.45. The van der Waals surface area contributed by atoms with Crippen molar-refractivity contribution in [3.05, 3.63) is 54.1 Å². The van der Waals surface area contributed by atoms with Crippen LogP contribution in [-0.4, -0.2) is 37.8 Å². The van der Waals surface area contributed by atoms with Crippen molar-refractivity contribution < 1.29 is 18.0 Å². The Kier molecular flexibility index (Phi) is 6.97. The van der Waals surface area contributed by atoms with Crippen molar-refractivity contribution in [2.45, 2.75) is 41.2 Å². The molecular weight excluding hydrogens is 408 g/mol. The molecule has 1 heterocycles. The van der Waals surface area contributed by atoms with Crippen LogP contribution in [0.5, 0.6) is 0 Å². The third-order valence-electron chi connectivity index (χ3n) is 4.68. The van der Waals surface area contributed by atoms with Crippen molar-refractivity contribution in [2.75, 3.05) is 17.6 Å². The molecule has 1 atom stereocenters. The van der Waals surface area contributed by atoms with E-state index in [9.17, 15) is 18.0 Å². The van der Waals surface area contributed by atoms with E-state index in [1.54, 1.807) is 12.1 Å². The first kappa shape index (κ1) is 21.4. The van der Waals surface area contributed by atoms with Crippen LogP contribution in [0.4, 0.5) is 5.69 Å². The summed E-state index contributed by atoms with van der Waals surface area (Å²) in [6, 6.07) is 14.5. The van der Waals surface area contributed by atoms with Crippen LogP contribution in [0.15, 0.2) is 58.3 Å². The number of hydrogen-bond acceptors (Lipinski definition) is 5. The Bertz CT molecular complexity index is 991. The lowest BCUT2D eigenvalue weighted by atomic mass is 10.1. The minimum atomic E-state index is -3.62. The molecule has 1 aliphatic heterocycles. The lowest BCUT2D eigenvalue weighted by Crippen LogP contribution is -2.29. The molecule has 1 aliphatic rings. The maximum Gasteiger partial charge on any atom is 0.237 e. The van der Waals surface area contributed by atoms with Gasteiger partial charge in [0.05, 0.1) is 21.6 Å². The molecule has 0 aliphatic carbocycles. The summed E-state index contributed by atoms with van der Waals surface area (Å²) in [5.74, 6) is -0.684. The number of amides is 2. The van der Waals surface area contributed by atoms with Crippen LogP contribution in [-0.2, 0) is 25.8 Å². The Balaban J connectivity index is 1.55. The molecule has 0 fully saturated rings. The average Bonchev–Trinajstić information content (AvgIpc) is 2.72. The normalized spacial score (nSPS) is 16.0. The SMILES string of the molecule is CC[C@@H]1Sc2ccc(S(=O)(=O)CCC(=O)NCCc3ccccc3)cc2NC1=O. The predicted octanol–water partition coefficient (Wildman–Crippen LogP) is 3.03. The standard InChI is InChI=1S/C21H24N2O4S2/c1-2-18-21(25)23-17-14-16(8-9-19(17)28-18)29(26,27)13-11-20(24)22-12-10-15-6-4-3-5-7-15/h3-9,14,18H,2,10-13H2,1H3,(H,22,24)(H,23,25)/t18-/m0/s1. The van der Waals surface area contributed by atoms with Crippen LogP contribution in [0, 0.1) is 0 Å². The Hall–Kier alpha value is -2.32. The second-order valence-corrected chi connectivity index (χ2v) is 10.2. The number of anilines is 1. The number of hydrogen-bond donors (Lipinski definition) is 2. The van der Waals surface area contributed by atoms with E-state index in [4.69, 9.17) is 0 Å². The minimum absolute atomic E-state index is 0.104. The molecule has 2 aromatic carbocycles. The smallest absolute Gasteiger partial charge is 0.237 e. The summed E-state index contributed by atoms with van der Waals surface area (Å²) >= 11 is 1.44. The summed E-state index contributed by atoms with van der Waals surface area (Å²) in [7, 11) is -3.62. The topological polar surface area (TPSA) is 92.3 Å². The number of carbonyl (C=O) groups is 2. The van der Waals surface area contributed by atoms with E-state index in [1.807, 2.05) is 37.3 Å². The van der Waals surface area contributed by atoms with E-state index in [0.29, 0.717) is 25.1 Å². The van der Waals surface area contributed by atoms with E-state index >= 15 is 0 Å². The minimum Gasteiger partial charge on any atom is -0.356 e. The van der Waals surface area contributed by atoms with Gasteiger partial charge in [0.2, 0.25) is 11.8 Å². The summed E-state index contributed by atoms with van der Waals surface area (Å²) in [5.41, 5.74) is 1.62. The van der Waals surface area contributed by atoms with Gasteiger partial charge in [-0.3, -0.25) is 9.59 Å². The largest absolute Gasteiger partial charge is 0.356 e. The Morgan fingerprint density at radius 1 is 1.17 bits per heavy atom. The molecule has 2 amide bonds. The zero-order valence-electron chi connectivity index (χ0n) is 16.2. The highest BCUT2D eigenvalue weighted by Gasteiger charge is 2.27. The molecule has 2 N–H and O–H groups in total. The Labute approximate surface area is 175 Å². The molecule has 0 bridgehead atoms. The van der Waals surface area contributed by atoms with Crippen molar-refractivity contribution >= 4 is 39.1 Å². The van der Waals surface area contributed by atoms with Crippen LogP contribution < -0.4 is 10.6 Å². The number of rotatable bonds is 8. The number of carbonyl (C=O) groups excluding carboxylic acids is 2. The molecule has 0 saturated carbocycles. The van der Waals surface area contributed by atoms with Crippen LogP contribution in [0.1, 0.15) is 25.3 Å². The van der Waals surface area contributed by atoms with E-state index < -0.39 is 9.84 Å². The molecule has 2 aromatic rings. The van der Waals surface area contributed by atoms with Gasteiger partial charge in [-0.25, -0.2) is 8.42 Å². The summed E-state index contributed by atoms with van der Waals surface area (Å²) < 4.78 is 25.2. The van der Waals surface area contributed by atoms with Crippen molar-refractivity contribution in [1.29, 1.82) is 0 Å². The third-order valence-corrected chi connectivity index (χ3v) is 7.83. The van der Waals surface area contributed by atoms with Crippen molar-refractivity contribution in [3.63, 3.8) is 0 Å². The number of benzene rings is 2. The van der Waals surface area contributed by atoms with Gasteiger partial charge in [0.15, 0.2) is 9.84 Å². The van der Waals surface area contributed by atoms with E-state index in [1.165, 1.54) is 17.8 Å². The summed E-state index contributed by atoms with van der Waals surface area (Å²) in [6.45, 7) is 2.40. The van der Waals surface area contributed by atoms with Gasteiger partial charge in [0, 0.05) is 17.9 Å². The molecule has 0 aromatic heterocycles. The average molecular weight is 433 g/mol. The highest BCUT2D eigenvalue weighted by Crippen LogP contribution is 2.38. The molecule has 0 saturated heterocycles. The second-order valence-electron chi connectivity index (χ2n) is 6.82. The molecule has 3 rings (SSSR count). The molecule has 29 heavy (non-hydrogen) atoms. The Morgan fingerprint density at radius 3 is 2.66 bits per heavy atom. The van der Waals surface area contributed by atoms with Gasteiger partial charge in [-0.2, -0.15) is 0 Å². The van der Waals surface area contributed by atoms with Crippen LogP contribution in [0.25, 0.3) is 0 Å². The van der Waals surface area contributed by atoms with Crippen molar-refractivity contribution in [2.24, 2.45) is 0 Å². The first-order valence-electron chi connectivity index (χ1n) is 9.54. The highest BCUT2D eigenvalue weighted by molar-refractivity contribution is 8.01. The molecule has 0 radical (unpaired) electrons. The maximum atomic E-state index is 12.6. The zero-order chi connectivity index (χ0) is 20.9. The van der Waals surface area contributed by atoms with E-state index in [2.05, 4.69) is 10.6 Å². The fraction of sp³-hybridized carbons (Fsp3) is 0.333. The van der Waals surface area contributed by atoms with Crippen molar-refractivity contribution in [1.82, 2.24) is 5.32 Å². The van der Waals surface area contributed by atoms with Crippen molar-refractivity contribution in [3.8, 4) is 0 Å². The number of sulfone groups is 1. The van der Waals surface area contributed by atoms with Gasteiger partial charge in [-0.05, 0) is 36.6 Å². The maximum absolute atomic E-state index is 12.6.